The fourth-order valence-corrected chi connectivity index (χ4v) is 3.20. The molecule has 2 unspecified atom stereocenters. The first-order chi connectivity index (χ1) is 10.1. The third-order valence-electron chi connectivity index (χ3n) is 4.10. The van der Waals surface area contributed by atoms with Crippen LogP contribution >= 0.6 is 0 Å². The number of anilines is 1. The molecule has 1 aliphatic rings. The number of ether oxygens (including phenoxy) is 1. The van der Waals surface area contributed by atoms with Crippen molar-refractivity contribution in [3.8, 4) is 5.75 Å². The van der Waals surface area contributed by atoms with Gasteiger partial charge >= 0.3 is 0 Å². The number of imidazole rings is 1. The molecular formula is C16H23N3O2. The molecule has 0 radical (unpaired) electrons. The molecule has 21 heavy (non-hydrogen) atoms. The van der Waals surface area contributed by atoms with Crippen LogP contribution in [0.25, 0.3) is 11.0 Å². The van der Waals surface area contributed by atoms with Crippen LogP contribution in [0.5, 0.6) is 5.75 Å². The van der Waals surface area contributed by atoms with Crippen molar-refractivity contribution in [1.29, 1.82) is 0 Å². The summed E-state index contributed by atoms with van der Waals surface area (Å²) in [5.41, 5.74) is 7.85. The van der Waals surface area contributed by atoms with E-state index in [1.165, 1.54) is 0 Å². The van der Waals surface area contributed by atoms with Crippen LogP contribution in [0, 0.1) is 0 Å². The second-order valence-electron chi connectivity index (χ2n) is 6.05. The van der Waals surface area contributed by atoms with Gasteiger partial charge in [-0.3, -0.25) is 0 Å². The third-order valence-corrected chi connectivity index (χ3v) is 4.10. The number of aliphatic hydroxyl groups excluding tert-OH is 1. The van der Waals surface area contributed by atoms with E-state index in [1.54, 1.807) is 0 Å². The molecule has 0 saturated heterocycles. The Hall–Kier alpha value is -1.75. The predicted molar refractivity (Wildman–Crippen MR) is 83.4 cm³/mol. The minimum absolute atomic E-state index is 0.0121. The smallest absolute Gasteiger partial charge is 0.201 e. The molecule has 5 heteroatoms. The van der Waals surface area contributed by atoms with Gasteiger partial charge in [0.05, 0.1) is 23.8 Å². The SMILES string of the molecule is CC(C)Oc1cccc2c1nc(N)n2C1CCCCC1O. The summed E-state index contributed by atoms with van der Waals surface area (Å²) in [6.07, 6.45) is 3.68. The Labute approximate surface area is 124 Å². The number of benzene rings is 1. The van der Waals surface area contributed by atoms with Gasteiger partial charge in [0.25, 0.3) is 0 Å². The number of hydrogen-bond donors (Lipinski definition) is 2. The highest BCUT2D eigenvalue weighted by molar-refractivity contribution is 5.84. The van der Waals surface area contributed by atoms with Gasteiger partial charge in [-0.1, -0.05) is 18.9 Å². The second-order valence-corrected chi connectivity index (χ2v) is 6.05. The number of aromatic nitrogens is 2. The van der Waals surface area contributed by atoms with E-state index >= 15 is 0 Å². The van der Waals surface area contributed by atoms with Crippen LogP contribution < -0.4 is 10.5 Å². The fraction of sp³-hybridized carbons (Fsp3) is 0.562. The van der Waals surface area contributed by atoms with Gasteiger partial charge in [0.1, 0.15) is 11.3 Å². The molecule has 0 aliphatic heterocycles. The molecule has 1 saturated carbocycles. The molecule has 0 amide bonds. The lowest BCUT2D eigenvalue weighted by atomic mass is 9.92. The van der Waals surface area contributed by atoms with Crippen molar-refractivity contribution in [2.24, 2.45) is 0 Å². The van der Waals surface area contributed by atoms with Gasteiger partial charge in [0.2, 0.25) is 5.95 Å². The minimum atomic E-state index is -0.354. The van der Waals surface area contributed by atoms with E-state index in [0.717, 1.165) is 42.5 Å². The molecule has 0 bridgehead atoms. The molecule has 3 N–H and O–H groups in total. The van der Waals surface area contributed by atoms with Crippen LogP contribution in [0.1, 0.15) is 45.6 Å². The van der Waals surface area contributed by atoms with Crippen LogP contribution in [-0.2, 0) is 0 Å². The third kappa shape index (κ3) is 2.58. The number of hydrogen-bond acceptors (Lipinski definition) is 4. The maximum atomic E-state index is 10.3. The normalized spacial score (nSPS) is 22.9. The van der Waals surface area contributed by atoms with E-state index in [0.29, 0.717) is 5.95 Å². The molecule has 114 valence electrons. The maximum absolute atomic E-state index is 10.3. The first-order valence-electron chi connectivity index (χ1n) is 7.69. The molecule has 2 aromatic rings. The quantitative estimate of drug-likeness (QED) is 0.911. The lowest BCUT2D eigenvalue weighted by Gasteiger charge is -2.29. The van der Waals surface area contributed by atoms with Crippen molar-refractivity contribution in [1.82, 2.24) is 9.55 Å². The zero-order chi connectivity index (χ0) is 15.0. The molecule has 1 aromatic carbocycles. The second kappa shape index (κ2) is 5.56. The van der Waals surface area contributed by atoms with Crippen LogP contribution in [-0.4, -0.2) is 26.9 Å². The van der Waals surface area contributed by atoms with Gasteiger partial charge in [-0.25, -0.2) is 4.98 Å². The van der Waals surface area contributed by atoms with Gasteiger partial charge in [-0.2, -0.15) is 0 Å². The summed E-state index contributed by atoms with van der Waals surface area (Å²) in [6.45, 7) is 3.98. The Morgan fingerprint density at radius 1 is 1.33 bits per heavy atom. The number of nitrogens with zero attached hydrogens (tertiary/aromatic N) is 2. The Kier molecular flexibility index (Phi) is 3.76. The lowest BCUT2D eigenvalue weighted by molar-refractivity contribution is 0.0783. The monoisotopic (exact) mass is 289 g/mol. The van der Waals surface area contributed by atoms with E-state index in [9.17, 15) is 5.11 Å². The molecule has 5 nitrogen and oxygen atoms in total. The van der Waals surface area contributed by atoms with E-state index < -0.39 is 0 Å². The largest absolute Gasteiger partial charge is 0.489 e. The number of fused-ring (bicyclic) bond motifs is 1. The Morgan fingerprint density at radius 3 is 2.81 bits per heavy atom. The number of nitrogens with two attached hydrogens (primary N) is 1. The number of para-hydroxylation sites is 1. The van der Waals surface area contributed by atoms with E-state index in [4.69, 9.17) is 10.5 Å². The summed E-state index contributed by atoms with van der Waals surface area (Å²) in [5.74, 6) is 1.20. The van der Waals surface area contributed by atoms with Crippen molar-refractivity contribution in [2.45, 2.75) is 57.8 Å². The van der Waals surface area contributed by atoms with Crippen molar-refractivity contribution in [2.75, 3.05) is 5.73 Å². The fourth-order valence-electron chi connectivity index (χ4n) is 3.20. The van der Waals surface area contributed by atoms with Gasteiger partial charge in [0.15, 0.2) is 0 Å². The summed E-state index contributed by atoms with van der Waals surface area (Å²) in [4.78, 5) is 4.48. The summed E-state index contributed by atoms with van der Waals surface area (Å²) in [6, 6.07) is 5.87. The molecule has 2 atom stereocenters. The van der Waals surface area contributed by atoms with Crippen LogP contribution in [0.2, 0.25) is 0 Å². The Morgan fingerprint density at radius 2 is 2.10 bits per heavy atom. The zero-order valence-corrected chi connectivity index (χ0v) is 12.6. The highest BCUT2D eigenvalue weighted by atomic mass is 16.5. The molecule has 1 aliphatic carbocycles. The Balaban J connectivity index is 2.09. The molecule has 1 aromatic heterocycles. The predicted octanol–water partition coefficient (Wildman–Crippen LogP) is 2.88. The van der Waals surface area contributed by atoms with E-state index in [2.05, 4.69) is 4.98 Å². The van der Waals surface area contributed by atoms with Crippen molar-refractivity contribution in [3.63, 3.8) is 0 Å². The number of rotatable bonds is 3. The highest BCUT2D eigenvalue weighted by Crippen LogP contribution is 2.36. The summed E-state index contributed by atoms with van der Waals surface area (Å²) in [7, 11) is 0. The average Bonchev–Trinajstić information content (AvgIpc) is 2.76. The number of aliphatic hydroxyl groups is 1. The lowest BCUT2D eigenvalue weighted by Crippen LogP contribution is -2.28. The minimum Gasteiger partial charge on any atom is -0.489 e. The summed E-state index contributed by atoms with van der Waals surface area (Å²) >= 11 is 0. The van der Waals surface area contributed by atoms with Crippen LogP contribution in [0.4, 0.5) is 5.95 Å². The molecular weight excluding hydrogens is 266 g/mol. The van der Waals surface area contributed by atoms with Gasteiger partial charge in [-0.15, -0.1) is 0 Å². The van der Waals surface area contributed by atoms with E-state index in [1.807, 2.05) is 36.6 Å². The number of nitrogen functional groups attached to an aromatic ring is 1. The zero-order valence-electron chi connectivity index (χ0n) is 12.6. The van der Waals surface area contributed by atoms with Crippen molar-refractivity contribution in [3.05, 3.63) is 18.2 Å². The van der Waals surface area contributed by atoms with Gasteiger partial charge < -0.3 is 20.1 Å². The van der Waals surface area contributed by atoms with Gasteiger partial charge in [0, 0.05) is 0 Å². The Bertz CT molecular complexity index is 636. The molecule has 3 rings (SSSR count). The topological polar surface area (TPSA) is 73.3 Å². The summed E-state index contributed by atoms with van der Waals surface area (Å²) < 4.78 is 7.79. The van der Waals surface area contributed by atoms with Gasteiger partial charge in [-0.05, 0) is 38.8 Å². The van der Waals surface area contributed by atoms with E-state index in [-0.39, 0.29) is 18.2 Å². The summed E-state index contributed by atoms with van der Waals surface area (Å²) in [5, 5.41) is 10.3. The standard InChI is InChI=1S/C16H23N3O2/c1-10(2)21-14-9-5-7-12-15(14)18-16(17)19(12)11-6-3-4-8-13(11)20/h5,7,9-11,13,20H,3-4,6,8H2,1-2H3,(H2,17,18). The van der Waals surface area contributed by atoms with Crippen LogP contribution in [0.15, 0.2) is 18.2 Å². The first kappa shape index (κ1) is 14.2. The average molecular weight is 289 g/mol. The first-order valence-corrected chi connectivity index (χ1v) is 7.69. The molecule has 1 heterocycles. The van der Waals surface area contributed by atoms with Crippen molar-refractivity contribution < 1.29 is 9.84 Å². The molecule has 0 spiro atoms. The van der Waals surface area contributed by atoms with Crippen LogP contribution in [0.3, 0.4) is 0 Å². The van der Waals surface area contributed by atoms with Crippen molar-refractivity contribution >= 4 is 17.0 Å². The maximum Gasteiger partial charge on any atom is 0.201 e. The highest BCUT2D eigenvalue weighted by Gasteiger charge is 2.28. The molecule has 1 fully saturated rings.